The van der Waals surface area contributed by atoms with Crippen LogP contribution in [0.4, 0.5) is 14.5 Å². The molecule has 9 heteroatoms. The summed E-state index contributed by atoms with van der Waals surface area (Å²) in [4.78, 5) is 14.4. The highest BCUT2D eigenvalue weighted by atomic mass is 32.2. The molecule has 4 rings (SSSR count). The molecule has 1 fully saturated rings. The van der Waals surface area contributed by atoms with E-state index in [0.29, 0.717) is 57.7 Å². The minimum Gasteiger partial charge on any atom is -0.379 e. The molecule has 166 valence electrons. The third kappa shape index (κ3) is 4.63. The van der Waals surface area contributed by atoms with Gasteiger partial charge in [-0.05, 0) is 48.6 Å². The SMILES string of the molecule is O=C(CCc1ccc(S(=O)(=O)N2CCOCC2)cc1)N1CCCc2cc(F)cc(F)c21. The van der Waals surface area contributed by atoms with Crippen LogP contribution in [-0.2, 0) is 32.4 Å². The topological polar surface area (TPSA) is 66.9 Å². The molecule has 0 unspecified atom stereocenters. The van der Waals surface area contributed by atoms with Crippen LogP contribution in [0.25, 0.3) is 0 Å². The van der Waals surface area contributed by atoms with Gasteiger partial charge in [-0.2, -0.15) is 4.31 Å². The zero-order valence-electron chi connectivity index (χ0n) is 17.0. The highest BCUT2D eigenvalue weighted by Gasteiger charge is 2.27. The van der Waals surface area contributed by atoms with Crippen LogP contribution in [0.2, 0.25) is 0 Å². The molecule has 2 aliphatic rings. The van der Waals surface area contributed by atoms with E-state index < -0.39 is 21.7 Å². The highest BCUT2D eigenvalue weighted by Crippen LogP contribution is 2.31. The summed E-state index contributed by atoms with van der Waals surface area (Å²) in [7, 11) is -3.56. The fraction of sp³-hybridized carbons (Fsp3) is 0.409. The predicted molar refractivity (Wildman–Crippen MR) is 111 cm³/mol. The van der Waals surface area contributed by atoms with E-state index in [9.17, 15) is 22.0 Å². The first-order valence-corrected chi connectivity index (χ1v) is 11.8. The average molecular weight is 451 g/mol. The van der Waals surface area contributed by atoms with E-state index in [-0.39, 0.29) is 22.9 Å². The number of hydrogen-bond acceptors (Lipinski definition) is 4. The van der Waals surface area contributed by atoms with Gasteiger partial charge in [0.25, 0.3) is 0 Å². The quantitative estimate of drug-likeness (QED) is 0.703. The van der Waals surface area contributed by atoms with Gasteiger partial charge in [-0.3, -0.25) is 4.79 Å². The van der Waals surface area contributed by atoms with Crippen LogP contribution >= 0.6 is 0 Å². The molecule has 0 N–H and O–H groups in total. The maximum atomic E-state index is 14.3. The summed E-state index contributed by atoms with van der Waals surface area (Å²) in [6.45, 7) is 1.82. The zero-order valence-corrected chi connectivity index (χ0v) is 17.8. The Labute approximate surface area is 180 Å². The van der Waals surface area contributed by atoms with Crippen LogP contribution in [-0.4, -0.2) is 51.5 Å². The third-order valence-electron chi connectivity index (χ3n) is 5.66. The molecule has 0 saturated carbocycles. The van der Waals surface area contributed by atoms with Crippen LogP contribution < -0.4 is 4.90 Å². The first kappa shape index (κ1) is 21.9. The summed E-state index contributed by atoms with van der Waals surface area (Å²) in [6, 6.07) is 8.57. The van der Waals surface area contributed by atoms with E-state index in [1.165, 1.54) is 15.3 Å². The van der Waals surface area contributed by atoms with Gasteiger partial charge < -0.3 is 9.64 Å². The van der Waals surface area contributed by atoms with Crippen molar-refractivity contribution < 1.29 is 26.7 Å². The first-order chi connectivity index (χ1) is 14.9. The molecule has 31 heavy (non-hydrogen) atoms. The Balaban J connectivity index is 1.42. The average Bonchev–Trinajstić information content (AvgIpc) is 2.77. The van der Waals surface area contributed by atoms with Crippen LogP contribution in [0.5, 0.6) is 0 Å². The van der Waals surface area contributed by atoms with E-state index in [4.69, 9.17) is 4.74 Å². The van der Waals surface area contributed by atoms with Crippen LogP contribution in [0.1, 0.15) is 24.0 Å². The Morgan fingerprint density at radius 2 is 1.74 bits per heavy atom. The van der Waals surface area contributed by atoms with E-state index in [1.54, 1.807) is 24.3 Å². The molecule has 0 radical (unpaired) electrons. The second kappa shape index (κ2) is 9.02. The summed E-state index contributed by atoms with van der Waals surface area (Å²) in [6.07, 6.45) is 1.72. The Kier molecular flexibility index (Phi) is 6.36. The summed E-state index contributed by atoms with van der Waals surface area (Å²) in [5.74, 6) is -1.60. The molecule has 1 saturated heterocycles. The number of anilines is 1. The summed E-state index contributed by atoms with van der Waals surface area (Å²) >= 11 is 0. The van der Waals surface area contributed by atoms with Gasteiger partial charge in [0.15, 0.2) is 0 Å². The first-order valence-electron chi connectivity index (χ1n) is 10.3. The Hall–Kier alpha value is -2.36. The molecule has 2 aromatic rings. The number of carbonyl (C=O) groups excluding carboxylic acids is 1. The van der Waals surface area contributed by atoms with Gasteiger partial charge in [0, 0.05) is 32.1 Å². The van der Waals surface area contributed by atoms with E-state index >= 15 is 0 Å². The molecule has 2 aromatic carbocycles. The van der Waals surface area contributed by atoms with Gasteiger partial charge in [-0.25, -0.2) is 17.2 Å². The van der Waals surface area contributed by atoms with Crippen molar-refractivity contribution >= 4 is 21.6 Å². The lowest BCUT2D eigenvalue weighted by Gasteiger charge is -2.30. The summed E-state index contributed by atoms with van der Waals surface area (Å²) in [5.41, 5.74) is 1.49. The number of benzene rings is 2. The van der Waals surface area contributed by atoms with Crippen molar-refractivity contribution in [3.63, 3.8) is 0 Å². The van der Waals surface area contributed by atoms with Crippen molar-refractivity contribution in [1.82, 2.24) is 4.31 Å². The Morgan fingerprint density at radius 3 is 2.45 bits per heavy atom. The van der Waals surface area contributed by atoms with E-state index in [0.717, 1.165) is 11.6 Å². The Bertz CT molecular complexity index is 1070. The van der Waals surface area contributed by atoms with Gasteiger partial charge in [0.1, 0.15) is 11.6 Å². The standard InChI is InChI=1S/C22H24F2N2O4S/c23-18-14-17-2-1-9-26(22(17)20(24)15-18)21(27)8-5-16-3-6-19(7-4-16)31(28,29)25-10-12-30-13-11-25/h3-4,6-7,14-15H,1-2,5,8-13H2. The molecule has 0 spiro atoms. The van der Waals surface area contributed by atoms with E-state index in [2.05, 4.69) is 0 Å². The lowest BCUT2D eigenvalue weighted by Crippen LogP contribution is -2.40. The molecular formula is C22H24F2N2O4S. The van der Waals surface area contributed by atoms with Gasteiger partial charge in [-0.15, -0.1) is 0 Å². The number of aryl methyl sites for hydroxylation is 2. The van der Waals surface area contributed by atoms with E-state index in [1.807, 2.05) is 0 Å². The number of fused-ring (bicyclic) bond motifs is 1. The third-order valence-corrected chi connectivity index (χ3v) is 7.58. The molecule has 0 aromatic heterocycles. The number of hydrogen-bond donors (Lipinski definition) is 0. The van der Waals surface area contributed by atoms with Crippen LogP contribution in [0, 0.1) is 11.6 Å². The largest absolute Gasteiger partial charge is 0.379 e. The lowest BCUT2D eigenvalue weighted by molar-refractivity contribution is -0.118. The number of morpholine rings is 1. The molecule has 0 aliphatic carbocycles. The number of ether oxygens (including phenoxy) is 1. The maximum Gasteiger partial charge on any atom is 0.243 e. The van der Waals surface area contributed by atoms with Gasteiger partial charge in [-0.1, -0.05) is 12.1 Å². The second-order valence-corrected chi connectivity index (χ2v) is 9.64. The molecule has 1 amide bonds. The molecule has 6 nitrogen and oxygen atoms in total. The highest BCUT2D eigenvalue weighted by molar-refractivity contribution is 7.89. The number of amides is 1. The number of carbonyl (C=O) groups is 1. The fourth-order valence-electron chi connectivity index (χ4n) is 4.05. The van der Waals surface area contributed by atoms with Crippen LogP contribution in [0.3, 0.4) is 0 Å². The smallest absolute Gasteiger partial charge is 0.243 e. The van der Waals surface area contributed by atoms with Crippen molar-refractivity contribution in [2.45, 2.75) is 30.6 Å². The molecule has 0 bridgehead atoms. The monoisotopic (exact) mass is 450 g/mol. The number of rotatable bonds is 5. The van der Waals surface area contributed by atoms with Crippen molar-refractivity contribution in [1.29, 1.82) is 0 Å². The van der Waals surface area contributed by atoms with Crippen LogP contribution in [0.15, 0.2) is 41.3 Å². The fourth-order valence-corrected chi connectivity index (χ4v) is 5.46. The second-order valence-electron chi connectivity index (χ2n) is 7.70. The predicted octanol–water partition coefficient (Wildman–Crippen LogP) is 2.90. The summed E-state index contributed by atoms with van der Waals surface area (Å²) < 4.78 is 59.8. The van der Waals surface area contributed by atoms with Gasteiger partial charge >= 0.3 is 0 Å². The number of nitrogens with zero attached hydrogens (tertiary/aromatic N) is 2. The minimum absolute atomic E-state index is 0.145. The van der Waals surface area contributed by atoms with Gasteiger partial charge in [0.2, 0.25) is 15.9 Å². The van der Waals surface area contributed by atoms with Crippen molar-refractivity contribution in [3.8, 4) is 0 Å². The lowest BCUT2D eigenvalue weighted by atomic mass is 10.00. The van der Waals surface area contributed by atoms with Crippen molar-refractivity contribution in [3.05, 3.63) is 59.2 Å². The van der Waals surface area contributed by atoms with Crippen molar-refractivity contribution in [2.75, 3.05) is 37.7 Å². The number of sulfonamides is 1. The molecule has 2 aliphatic heterocycles. The number of halogens is 2. The van der Waals surface area contributed by atoms with Crippen molar-refractivity contribution in [2.24, 2.45) is 0 Å². The molecule has 2 heterocycles. The maximum absolute atomic E-state index is 14.3. The van der Waals surface area contributed by atoms with Gasteiger partial charge in [0.05, 0.1) is 23.8 Å². The summed E-state index contributed by atoms with van der Waals surface area (Å²) in [5, 5.41) is 0. The minimum atomic E-state index is -3.56. The Morgan fingerprint density at radius 1 is 1.03 bits per heavy atom. The molecule has 0 atom stereocenters. The zero-order chi connectivity index (χ0) is 22.0. The molecular weight excluding hydrogens is 426 g/mol. The normalized spacial score (nSPS) is 17.4.